The van der Waals surface area contributed by atoms with E-state index in [2.05, 4.69) is 31.6 Å². The molecule has 0 radical (unpaired) electrons. The fourth-order valence-electron chi connectivity index (χ4n) is 6.34. The third-order valence-electron chi connectivity index (χ3n) is 8.64. The van der Waals surface area contributed by atoms with Crippen molar-refractivity contribution >= 4 is 51.0 Å². The van der Waals surface area contributed by atoms with Crippen LogP contribution in [0.5, 0.6) is 0 Å². The van der Waals surface area contributed by atoms with Crippen molar-refractivity contribution in [1.29, 1.82) is 5.26 Å². The summed E-state index contributed by atoms with van der Waals surface area (Å²) in [4.78, 5) is 26.1. The van der Waals surface area contributed by atoms with Gasteiger partial charge in [0.25, 0.3) is 0 Å². The number of aryl methyl sites for hydroxylation is 1. The molecule has 3 aliphatic rings. The van der Waals surface area contributed by atoms with E-state index in [1.165, 1.54) is 4.68 Å². The molecular formula is C26H35Cl2K2N7O6S. The maximum Gasteiger partial charge on any atom is 1.00 e. The Labute approximate surface area is 353 Å². The molecule has 1 saturated heterocycles. The van der Waals surface area contributed by atoms with Gasteiger partial charge in [0, 0.05) is 30.9 Å². The Bertz CT molecular complexity index is 1350. The number of hydrogen-bond donors (Lipinski definition) is 1. The topological polar surface area (TPSA) is 196 Å². The Kier molecular flexibility index (Phi) is 16.9. The van der Waals surface area contributed by atoms with Crippen molar-refractivity contribution in [2.45, 2.75) is 105 Å². The summed E-state index contributed by atoms with van der Waals surface area (Å²) in [6.45, 7) is 4.56. The number of nitrogens with zero attached hydrogens (tertiary/aromatic N) is 6. The number of halogens is 2. The first-order valence-electron chi connectivity index (χ1n) is 14.2. The van der Waals surface area contributed by atoms with Crippen molar-refractivity contribution in [2.24, 2.45) is 16.1 Å². The Morgan fingerprint density at radius 2 is 1.82 bits per heavy atom. The first-order chi connectivity index (χ1) is 19.8. The molecule has 2 heterocycles. The van der Waals surface area contributed by atoms with Crippen LogP contribution in [-0.4, -0.2) is 86.7 Å². The second-order valence-electron chi connectivity index (χ2n) is 11.4. The Balaban J connectivity index is 0.00000337. The van der Waals surface area contributed by atoms with E-state index in [0.29, 0.717) is 37.9 Å². The van der Waals surface area contributed by atoms with Crippen LogP contribution in [0, 0.1) is 24.2 Å². The van der Waals surface area contributed by atoms with E-state index in [0.717, 1.165) is 13.0 Å². The molecule has 13 nitrogen and oxygen atoms in total. The van der Waals surface area contributed by atoms with Crippen LogP contribution in [0.4, 0.5) is 5.82 Å². The third kappa shape index (κ3) is 10.0. The number of piperidine rings is 1. The largest absolute Gasteiger partial charge is 1.00 e. The second kappa shape index (κ2) is 18.1. The first kappa shape index (κ1) is 41.1. The summed E-state index contributed by atoms with van der Waals surface area (Å²) in [7, 11) is -4.59. The maximum absolute atomic E-state index is 12.4. The van der Waals surface area contributed by atoms with Gasteiger partial charge in [-0.3, -0.25) is 9.69 Å². The second-order valence-corrected chi connectivity index (χ2v) is 14.2. The Morgan fingerprint density at radius 3 is 2.39 bits per heavy atom. The SMILES string of the molecule is CCC(=O)NC1CC(N2CCCC(C(=O)[O-])C2)CCC1N=Nc1c(C#N)c(C)nn1C1C(Cl)CC(S(=O)(=O)[O-])CC1Cl.[K+].[K+]. The number of rotatable bonds is 8. The van der Waals surface area contributed by atoms with Crippen molar-refractivity contribution in [3.8, 4) is 6.07 Å². The summed E-state index contributed by atoms with van der Waals surface area (Å²) < 4.78 is 36.3. The van der Waals surface area contributed by atoms with Crippen LogP contribution in [0.2, 0.25) is 0 Å². The number of carboxylic acid groups (broad SMARTS) is 1. The van der Waals surface area contributed by atoms with Gasteiger partial charge in [-0.25, -0.2) is 13.1 Å². The molecule has 1 aromatic rings. The number of aliphatic carboxylic acids is 1. The quantitative estimate of drug-likeness (QED) is 0.120. The molecule has 1 aliphatic heterocycles. The van der Waals surface area contributed by atoms with Crippen molar-refractivity contribution in [2.75, 3.05) is 13.1 Å². The summed E-state index contributed by atoms with van der Waals surface area (Å²) in [5.74, 6) is -1.59. The van der Waals surface area contributed by atoms with Gasteiger partial charge in [-0.05, 0) is 58.4 Å². The number of carbonyl (C=O) groups is 2. The minimum Gasteiger partial charge on any atom is -0.748 e. The number of amides is 1. The molecule has 2 saturated carbocycles. The number of aromatic nitrogens is 2. The van der Waals surface area contributed by atoms with Gasteiger partial charge < -0.3 is 19.8 Å². The van der Waals surface area contributed by atoms with E-state index < -0.39 is 50.1 Å². The Morgan fingerprint density at radius 1 is 1.16 bits per heavy atom. The predicted octanol–water partition coefficient (Wildman–Crippen LogP) is -4.10. The molecule has 6 atom stereocenters. The molecule has 4 rings (SSSR count). The van der Waals surface area contributed by atoms with E-state index in [-0.39, 0.29) is 151 Å². The van der Waals surface area contributed by atoms with Gasteiger partial charge in [0.05, 0.1) is 49.9 Å². The van der Waals surface area contributed by atoms with E-state index in [9.17, 15) is 32.9 Å². The van der Waals surface area contributed by atoms with Gasteiger partial charge in [-0.15, -0.1) is 28.3 Å². The summed E-state index contributed by atoms with van der Waals surface area (Å²) >= 11 is 13.1. The summed E-state index contributed by atoms with van der Waals surface area (Å²) in [5.41, 5.74) is 0.527. The molecular weight excluding hydrogens is 687 g/mol. The zero-order valence-corrected chi connectivity index (χ0v) is 34.1. The summed E-state index contributed by atoms with van der Waals surface area (Å²) in [6, 6.07) is 0.611. The number of carbonyl (C=O) groups excluding carboxylic acids is 2. The first-order valence-corrected chi connectivity index (χ1v) is 16.6. The smallest absolute Gasteiger partial charge is 0.748 e. The van der Waals surface area contributed by atoms with Crippen molar-refractivity contribution in [3.05, 3.63) is 11.3 Å². The molecule has 0 aromatic carbocycles. The molecule has 1 N–H and O–H groups in total. The molecule has 2 aliphatic carbocycles. The number of carboxylic acids is 1. The predicted molar refractivity (Wildman–Crippen MR) is 150 cm³/mol. The van der Waals surface area contributed by atoms with Crippen molar-refractivity contribution < 1.29 is 130 Å². The maximum atomic E-state index is 12.4. The zero-order chi connectivity index (χ0) is 30.8. The number of alkyl halides is 2. The molecule has 1 aromatic heterocycles. The fourth-order valence-corrected chi connectivity index (χ4v) is 8.51. The fraction of sp³-hybridized carbons (Fsp3) is 0.769. The van der Waals surface area contributed by atoms with Crippen LogP contribution < -0.4 is 113 Å². The number of nitrogens with one attached hydrogen (secondary N) is 1. The van der Waals surface area contributed by atoms with Gasteiger partial charge in [-0.1, -0.05) is 6.92 Å². The summed E-state index contributed by atoms with van der Waals surface area (Å²) in [5, 5.41) is 34.9. The molecule has 18 heteroatoms. The average molecular weight is 723 g/mol. The van der Waals surface area contributed by atoms with Crippen LogP contribution in [-0.2, 0) is 19.7 Å². The minimum absolute atomic E-state index is 0. The van der Waals surface area contributed by atoms with Gasteiger partial charge in [0.15, 0.2) is 5.82 Å². The molecule has 3 fully saturated rings. The van der Waals surface area contributed by atoms with Gasteiger partial charge >= 0.3 is 103 Å². The van der Waals surface area contributed by atoms with E-state index in [4.69, 9.17) is 23.2 Å². The zero-order valence-electron chi connectivity index (χ0n) is 25.5. The number of nitriles is 1. The normalized spacial score (nSPS) is 31.4. The van der Waals surface area contributed by atoms with Crippen LogP contribution >= 0.6 is 23.2 Å². The van der Waals surface area contributed by atoms with Crippen LogP contribution in [0.25, 0.3) is 0 Å². The monoisotopic (exact) mass is 721 g/mol. The van der Waals surface area contributed by atoms with Crippen LogP contribution in [0.15, 0.2) is 10.2 Å². The number of azo groups is 1. The van der Waals surface area contributed by atoms with E-state index in [1.54, 1.807) is 13.8 Å². The van der Waals surface area contributed by atoms with Crippen molar-refractivity contribution in [3.63, 3.8) is 0 Å². The van der Waals surface area contributed by atoms with Gasteiger partial charge in [-0.2, -0.15) is 15.5 Å². The standard InChI is InChI=1S/C26H37Cl2N7O6S.2K/c1-3-23(36)30-22-9-16(34-8-4-5-15(13-34)26(37)38)6-7-21(22)31-32-25-18(12-29)14(2)33-35(25)24-19(27)10-17(11-20(24)28)42(39,40)41;;/h15-17,19-22,24H,3-11,13H2,1-2H3,(H,30,36)(H,37,38)(H,39,40,41);;/q;2*+1/p-2. The molecule has 232 valence electrons. The van der Waals surface area contributed by atoms with E-state index in [1.807, 2.05) is 0 Å². The van der Waals surface area contributed by atoms with Crippen LogP contribution in [0.3, 0.4) is 0 Å². The average Bonchev–Trinajstić information content (AvgIpc) is 3.25. The van der Waals surface area contributed by atoms with Gasteiger partial charge in [0.2, 0.25) is 5.91 Å². The molecule has 0 bridgehead atoms. The molecule has 44 heavy (non-hydrogen) atoms. The minimum atomic E-state index is -4.59. The number of likely N-dealkylation sites (tertiary alicyclic amines) is 1. The Hall–Kier alpha value is 0.963. The molecule has 6 unspecified atom stereocenters. The van der Waals surface area contributed by atoms with E-state index >= 15 is 0 Å². The molecule has 0 spiro atoms. The van der Waals surface area contributed by atoms with Gasteiger partial charge in [0.1, 0.15) is 11.6 Å². The van der Waals surface area contributed by atoms with Crippen LogP contribution in [0.1, 0.15) is 75.6 Å². The third-order valence-corrected chi connectivity index (χ3v) is 10.7. The number of hydrogen-bond acceptors (Lipinski definition) is 11. The molecule has 1 amide bonds. The summed E-state index contributed by atoms with van der Waals surface area (Å²) in [6.07, 6.45) is 3.22. The van der Waals surface area contributed by atoms with Crippen molar-refractivity contribution in [1.82, 2.24) is 20.0 Å².